The Hall–Kier alpha value is -3.96. The van der Waals surface area contributed by atoms with E-state index in [4.69, 9.17) is 11.6 Å². The first-order valence-electron chi connectivity index (χ1n) is 11.5. The van der Waals surface area contributed by atoms with E-state index in [0.29, 0.717) is 32.3 Å². The van der Waals surface area contributed by atoms with Gasteiger partial charge in [-0.25, -0.2) is 9.37 Å². The zero-order valence-corrected chi connectivity index (χ0v) is 22.2. The molecule has 0 saturated heterocycles. The second-order valence-corrected chi connectivity index (χ2v) is 10.3. The number of nitrogens with zero attached hydrogens (tertiary/aromatic N) is 5. The van der Waals surface area contributed by atoms with Gasteiger partial charge in [0.25, 0.3) is 0 Å². The molecule has 38 heavy (non-hydrogen) atoms. The zero-order chi connectivity index (χ0) is 27.3. The van der Waals surface area contributed by atoms with Crippen molar-refractivity contribution in [3.63, 3.8) is 0 Å². The predicted molar refractivity (Wildman–Crippen MR) is 148 cm³/mol. The normalized spacial score (nSPS) is 13.7. The number of aliphatic imine (C=N–C) groups is 2. The Balaban J connectivity index is 1.79. The maximum atomic E-state index is 16.1. The number of carboxylic acid groups (broad SMARTS) is 1. The van der Waals surface area contributed by atoms with Gasteiger partial charge in [-0.15, -0.1) is 11.3 Å². The average Bonchev–Trinajstić information content (AvgIpc) is 3.57. The summed E-state index contributed by atoms with van der Waals surface area (Å²) in [6, 6.07) is 9.78. The number of nitrogens with one attached hydrogen (secondary N) is 2. The summed E-state index contributed by atoms with van der Waals surface area (Å²) in [4.78, 5) is 29.4. The molecule has 0 amide bonds. The van der Waals surface area contributed by atoms with Gasteiger partial charge in [0.1, 0.15) is 5.70 Å². The van der Waals surface area contributed by atoms with E-state index in [0.717, 1.165) is 0 Å². The number of aromatic amines is 1. The number of pyridine rings is 2. The maximum absolute atomic E-state index is 16.1. The van der Waals surface area contributed by atoms with E-state index < -0.39 is 23.3 Å². The molecule has 1 unspecified atom stereocenters. The van der Waals surface area contributed by atoms with Crippen LogP contribution in [0, 0.1) is 0 Å². The fourth-order valence-corrected chi connectivity index (χ4v) is 4.80. The molecule has 4 heterocycles. The molecule has 0 fully saturated rings. The van der Waals surface area contributed by atoms with Crippen LogP contribution < -0.4 is 5.32 Å². The third-order valence-electron chi connectivity index (χ3n) is 6.06. The lowest BCUT2D eigenvalue weighted by Gasteiger charge is -2.34. The van der Waals surface area contributed by atoms with Crippen molar-refractivity contribution in [3.05, 3.63) is 81.3 Å². The van der Waals surface area contributed by atoms with Crippen molar-refractivity contribution in [2.75, 3.05) is 0 Å². The van der Waals surface area contributed by atoms with E-state index in [9.17, 15) is 9.90 Å². The number of thiophene rings is 1. The first-order valence-corrected chi connectivity index (χ1v) is 12.8. The Labute approximate surface area is 227 Å². The summed E-state index contributed by atoms with van der Waals surface area (Å²) < 4.78 is 16.1. The lowest BCUT2D eigenvalue weighted by atomic mass is 9.79. The largest absolute Gasteiger partial charge is 0.481 e. The summed E-state index contributed by atoms with van der Waals surface area (Å²) in [6.07, 6.45) is 2.79. The van der Waals surface area contributed by atoms with Gasteiger partial charge in [0, 0.05) is 34.9 Å². The van der Waals surface area contributed by atoms with Crippen LogP contribution >= 0.6 is 22.9 Å². The highest BCUT2D eigenvalue weighted by molar-refractivity contribution is 7.11. The summed E-state index contributed by atoms with van der Waals surface area (Å²) in [6.45, 7) is 7.21. The molecule has 0 aromatic carbocycles. The lowest BCUT2D eigenvalue weighted by molar-refractivity contribution is -0.137. The van der Waals surface area contributed by atoms with Crippen molar-refractivity contribution < 1.29 is 14.3 Å². The highest BCUT2D eigenvalue weighted by atomic mass is 35.5. The monoisotopic (exact) mass is 553 g/mol. The van der Waals surface area contributed by atoms with Crippen LogP contribution in [0.25, 0.3) is 16.7 Å². The summed E-state index contributed by atoms with van der Waals surface area (Å²) in [7, 11) is 0. The van der Waals surface area contributed by atoms with Crippen LogP contribution in [0.2, 0.25) is 5.02 Å². The van der Waals surface area contributed by atoms with Gasteiger partial charge in [0.15, 0.2) is 17.3 Å². The molecule has 0 saturated carbocycles. The van der Waals surface area contributed by atoms with Crippen LogP contribution in [0.4, 0.5) is 4.39 Å². The van der Waals surface area contributed by atoms with E-state index >= 15 is 4.39 Å². The van der Waals surface area contributed by atoms with Crippen LogP contribution in [0.3, 0.4) is 0 Å². The molecule has 4 rings (SSSR count). The Morgan fingerprint density at radius 3 is 2.79 bits per heavy atom. The minimum absolute atomic E-state index is 0.00449. The molecule has 0 aliphatic carbocycles. The zero-order valence-electron chi connectivity index (χ0n) is 20.7. The molecule has 4 aromatic rings. The number of H-pyrrole nitrogens is 1. The lowest BCUT2D eigenvalue weighted by Crippen LogP contribution is -2.49. The molecular formula is C26H25ClFN7O2S. The van der Waals surface area contributed by atoms with Gasteiger partial charge in [0.05, 0.1) is 28.6 Å². The number of halogens is 2. The summed E-state index contributed by atoms with van der Waals surface area (Å²) >= 11 is 7.40. The van der Waals surface area contributed by atoms with Gasteiger partial charge >= 0.3 is 5.97 Å². The van der Waals surface area contributed by atoms with E-state index in [-0.39, 0.29) is 24.5 Å². The van der Waals surface area contributed by atoms with Crippen molar-refractivity contribution in [1.29, 1.82) is 0 Å². The van der Waals surface area contributed by atoms with Crippen LogP contribution in [0.15, 0.2) is 70.0 Å². The van der Waals surface area contributed by atoms with Gasteiger partial charge in [0.2, 0.25) is 0 Å². The number of carbonyl (C=O) groups is 1. The number of aliphatic carboxylic acids is 1. The third kappa shape index (κ3) is 5.95. The van der Waals surface area contributed by atoms with Crippen molar-refractivity contribution in [2.24, 2.45) is 9.98 Å². The van der Waals surface area contributed by atoms with E-state index in [1.165, 1.54) is 17.5 Å². The van der Waals surface area contributed by atoms with Gasteiger partial charge in [-0.2, -0.15) is 5.10 Å². The van der Waals surface area contributed by atoms with Gasteiger partial charge in [-0.3, -0.25) is 24.9 Å². The van der Waals surface area contributed by atoms with Gasteiger partial charge < -0.3 is 10.4 Å². The summed E-state index contributed by atoms with van der Waals surface area (Å²) in [5, 5.41) is 22.6. The van der Waals surface area contributed by atoms with Crippen LogP contribution in [-0.4, -0.2) is 49.8 Å². The Kier molecular flexibility index (Phi) is 8.28. The minimum atomic E-state index is -1.06. The van der Waals surface area contributed by atoms with Crippen molar-refractivity contribution in [1.82, 2.24) is 25.5 Å². The SMILES string of the molecule is C=N/C(=C(/F)C(=NCc1[nH]nc2ncc(Cl)cc12)NC(CC(=O)O)C(C)(C)c1ccccn1)c1cccs1. The molecule has 12 heteroatoms. The Morgan fingerprint density at radius 1 is 1.32 bits per heavy atom. The van der Waals surface area contributed by atoms with E-state index in [2.05, 4.69) is 42.2 Å². The number of hydrogen-bond donors (Lipinski definition) is 3. The molecule has 3 N–H and O–H groups in total. The number of carboxylic acids is 1. The molecule has 196 valence electrons. The molecule has 0 aliphatic rings. The number of rotatable bonds is 10. The van der Waals surface area contributed by atoms with E-state index in [1.807, 2.05) is 19.9 Å². The quantitative estimate of drug-likeness (QED) is 0.178. The highest BCUT2D eigenvalue weighted by Crippen LogP contribution is 2.30. The standard InChI is InChI=1S/C26H25ClFN7O2S/c1-26(2,19-8-4-5-9-30-19)20(12-21(36)37)33-25(22(28)23(29-3)18-7-6-10-38-18)32-14-17-16-11-15(27)13-31-24(16)35-34-17/h4-11,13,20H,3,12,14H2,1-2H3,(H,32,33)(H,36,37)(H,31,34,35)/b23-22+. The van der Waals surface area contributed by atoms with Crippen molar-refractivity contribution in [2.45, 2.75) is 38.3 Å². The first kappa shape index (κ1) is 27.1. The molecule has 0 spiro atoms. The number of amidine groups is 1. The molecule has 0 bridgehead atoms. The topological polar surface area (TPSA) is 129 Å². The van der Waals surface area contributed by atoms with Gasteiger partial charge in [-0.05, 0) is 36.4 Å². The first-order chi connectivity index (χ1) is 18.2. The second-order valence-electron chi connectivity index (χ2n) is 8.92. The highest BCUT2D eigenvalue weighted by Gasteiger charge is 2.36. The molecule has 9 nitrogen and oxygen atoms in total. The second kappa shape index (κ2) is 11.6. The van der Waals surface area contributed by atoms with Gasteiger partial charge in [-0.1, -0.05) is 37.6 Å². The molecule has 0 radical (unpaired) electrons. The maximum Gasteiger partial charge on any atom is 0.305 e. The fourth-order valence-electron chi connectivity index (χ4n) is 3.91. The molecule has 4 aromatic heterocycles. The summed E-state index contributed by atoms with van der Waals surface area (Å²) in [5.74, 6) is -2.00. The molecule has 0 aliphatic heterocycles. The number of hydrogen-bond acceptors (Lipinski definition) is 7. The van der Waals surface area contributed by atoms with Crippen molar-refractivity contribution >= 4 is 58.2 Å². The third-order valence-corrected chi connectivity index (χ3v) is 7.15. The summed E-state index contributed by atoms with van der Waals surface area (Å²) in [5.41, 5.74) is 0.823. The number of aromatic nitrogens is 4. The molecule has 1 atom stereocenters. The van der Waals surface area contributed by atoms with Crippen LogP contribution in [-0.2, 0) is 16.8 Å². The number of fused-ring (bicyclic) bond motifs is 1. The Morgan fingerprint density at radius 2 is 2.13 bits per heavy atom. The van der Waals surface area contributed by atoms with Crippen LogP contribution in [0.5, 0.6) is 0 Å². The van der Waals surface area contributed by atoms with E-state index in [1.54, 1.807) is 41.9 Å². The predicted octanol–water partition coefficient (Wildman–Crippen LogP) is 5.42. The van der Waals surface area contributed by atoms with Crippen LogP contribution in [0.1, 0.15) is 36.5 Å². The average molecular weight is 554 g/mol. The fraction of sp³-hybridized carbons (Fsp3) is 0.231. The smallest absolute Gasteiger partial charge is 0.305 e. The van der Waals surface area contributed by atoms with Crippen molar-refractivity contribution in [3.8, 4) is 0 Å². The Bertz CT molecular complexity index is 1500. The molecular weight excluding hydrogens is 529 g/mol. The minimum Gasteiger partial charge on any atom is -0.481 e.